The number of carbonyl (C=O) groups is 2. The summed E-state index contributed by atoms with van der Waals surface area (Å²) in [5.41, 5.74) is 0.886. The number of anilines is 1. The van der Waals surface area contributed by atoms with Crippen LogP contribution in [-0.2, 0) is 9.53 Å². The highest BCUT2D eigenvalue weighted by molar-refractivity contribution is 6.32. The molecule has 0 fully saturated rings. The van der Waals surface area contributed by atoms with Gasteiger partial charge in [-0.2, -0.15) is 0 Å². The largest absolute Gasteiger partial charge is 0.452 e. The summed E-state index contributed by atoms with van der Waals surface area (Å²) >= 11 is 5.91. The van der Waals surface area contributed by atoms with Crippen molar-refractivity contribution >= 4 is 29.2 Å². The zero-order valence-corrected chi connectivity index (χ0v) is 13.6. The predicted octanol–water partition coefficient (Wildman–Crippen LogP) is 3.43. The van der Waals surface area contributed by atoms with Crippen molar-refractivity contribution < 1.29 is 23.1 Å². The van der Waals surface area contributed by atoms with Gasteiger partial charge in [0.25, 0.3) is 5.91 Å². The Morgan fingerprint density at radius 2 is 1.96 bits per heavy atom. The number of halogens is 3. The summed E-state index contributed by atoms with van der Waals surface area (Å²) in [4.78, 5) is 27.7. The number of rotatable bonds is 4. The molecule has 2 rings (SSSR count). The highest BCUT2D eigenvalue weighted by Gasteiger charge is 2.18. The standard InChI is InChI=1S/C16H13ClF2N2O3/c1-8-5-9(2)20-15(17)14(8)16(23)24-7-13(22)21-12-6-10(18)3-4-11(12)19/h3-6H,7H2,1-2H3,(H,21,22). The Kier molecular flexibility index (Phi) is 5.46. The van der Waals surface area contributed by atoms with Crippen LogP contribution in [-0.4, -0.2) is 23.5 Å². The molecule has 0 radical (unpaired) electrons. The Labute approximate surface area is 141 Å². The second kappa shape index (κ2) is 7.35. The van der Waals surface area contributed by atoms with Crippen LogP contribution in [0.15, 0.2) is 24.3 Å². The number of pyridine rings is 1. The number of hydrogen-bond donors (Lipinski definition) is 1. The molecule has 0 aliphatic carbocycles. The second-order valence-corrected chi connectivity index (χ2v) is 5.35. The van der Waals surface area contributed by atoms with Crippen molar-refractivity contribution in [2.45, 2.75) is 13.8 Å². The van der Waals surface area contributed by atoms with Gasteiger partial charge in [0.15, 0.2) is 6.61 Å². The van der Waals surface area contributed by atoms with E-state index in [-0.39, 0.29) is 16.4 Å². The summed E-state index contributed by atoms with van der Waals surface area (Å²) in [5.74, 6) is -3.17. The summed E-state index contributed by atoms with van der Waals surface area (Å²) in [7, 11) is 0. The number of carbonyl (C=O) groups excluding carboxylic acids is 2. The topological polar surface area (TPSA) is 68.3 Å². The fraction of sp³-hybridized carbons (Fsp3) is 0.188. The SMILES string of the molecule is Cc1cc(C)c(C(=O)OCC(=O)Nc2cc(F)ccc2F)c(Cl)n1. The number of aryl methyl sites for hydroxylation is 2. The van der Waals surface area contributed by atoms with Crippen molar-refractivity contribution in [1.29, 1.82) is 0 Å². The minimum Gasteiger partial charge on any atom is -0.452 e. The van der Waals surface area contributed by atoms with E-state index in [0.717, 1.165) is 18.2 Å². The van der Waals surface area contributed by atoms with E-state index in [2.05, 4.69) is 10.3 Å². The van der Waals surface area contributed by atoms with Gasteiger partial charge in [0.2, 0.25) is 0 Å². The van der Waals surface area contributed by atoms with Crippen molar-refractivity contribution in [2.24, 2.45) is 0 Å². The van der Waals surface area contributed by atoms with Crippen LogP contribution in [0.2, 0.25) is 5.15 Å². The molecule has 1 aromatic carbocycles. The summed E-state index contributed by atoms with van der Waals surface area (Å²) in [5, 5.41) is 2.08. The van der Waals surface area contributed by atoms with E-state index in [1.165, 1.54) is 0 Å². The molecule has 0 aliphatic heterocycles. The Morgan fingerprint density at radius 3 is 2.62 bits per heavy atom. The lowest BCUT2D eigenvalue weighted by atomic mass is 10.1. The third-order valence-electron chi connectivity index (χ3n) is 3.04. The smallest absolute Gasteiger partial charge is 0.342 e. The molecular weight excluding hydrogens is 342 g/mol. The molecule has 0 unspecified atom stereocenters. The molecule has 5 nitrogen and oxygen atoms in total. The molecule has 1 aromatic heterocycles. The van der Waals surface area contributed by atoms with E-state index in [0.29, 0.717) is 11.3 Å². The van der Waals surface area contributed by atoms with Gasteiger partial charge in [-0.15, -0.1) is 0 Å². The highest BCUT2D eigenvalue weighted by atomic mass is 35.5. The summed E-state index contributed by atoms with van der Waals surface area (Å²) in [6.07, 6.45) is 0. The number of aromatic nitrogens is 1. The Bertz CT molecular complexity index is 789. The van der Waals surface area contributed by atoms with Crippen molar-refractivity contribution in [3.63, 3.8) is 0 Å². The van der Waals surface area contributed by atoms with E-state index in [9.17, 15) is 18.4 Å². The number of nitrogens with zero attached hydrogens (tertiary/aromatic N) is 1. The van der Waals surface area contributed by atoms with E-state index < -0.39 is 30.1 Å². The third-order valence-corrected chi connectivity index (χ3v) is 3.32. The lowest BCUT2D eigenvalue weighted by Crippen LogP contribution is -2.22. The minimum atomic E-state index is -0.833. The van der Waals surface area contributed by atoms with Crippen LogP contribution in [0.4, 0.5) is 14.5 Å². The minimum absolute atomic E-state index is 0.0333. The summed E-state index contributed by atoms with van der Waals surface area (Å²) < 4.78 is 31.3. The zero-order chi connectivity index (χ0) is 17.9. The maximum atomic E-state index is 13.4. The molecule has 8 heteroatoms. The number of nitrogens with one attached hydrogen (secondary N) is 1. The van der Waals surface area contributed by atoms with Gasteiger partial charge in [-0.1, -0.05) is 11.6 Å². The highest BCUT2D eigenvalue weighted by Crippen LogP contribution is 2.20. The molecule has 0 aliphatic rings. The number of ether oxygens (including phenoxy) is 1. The molecule has 2 aromatic rings. The van der Waals surface area contributed by atoms with Crippen molar-refractivity contribution in [3.05, 3.63) is 57.9 Å². The van der Waals surface area contributed by atoms with Crippen LogP contribution < -0.4 is 5.32 Å². The van der Waals surface area contributed by atoms with Crippen molar-refractivity contribution in [2.75, 3.05) is 11.9 Å². The van der Waals surface area contributed by atoms with Crippen LogP contribution in [0.5, 0.6) is 0 Å². The molecule has 126 valence electrons. The molecule has 0 atom stereocenters. The van der Waals surface area contributed by atoms with Crippen molar-refractivity contribution in [3.8, 4) is 0 Å². The Morgan fingerprint density at radius 1 is 1.25 bits per heavy atom. The van der Waals surface area contributed by atoms with Gasteiger partial charge in [0.1, 0.15) is 16.8 Å². The normalized spacial score (nSPS) is 10.4. The van der Waals surface area contributed by atoms with Crippen LogP contribution in [0.1, 0.15) is 21.6 Å². The average molecular weight is 355 g/mol. The monoisotopic (exact) mass is 354 g/mol. The number of esters is 1. The molecule has 1 amide bonds. The number of benzene rings is 1. The van der Waals surface area contributed by atoms with E-state index >= 15 is 0 Å². The van der Waals surface area contributed by atoms with E-state index in [1.54, 1.807) is 19.9 Å². The summed E-state index contributed by atoms with van der Waals surface area (Å²) in [6.45, 7) is 2.69. The predicted molar refractivity (Wildman–Crippen MR) is 84.0 cm³/mol. The summed E-state index contributed by atoms with van der Waals surface area (Å²) in [6, 6.07) is 4.25. The van der Waals surface area contributed by atoms with Crippen LogP contribution in [0.3, 0.4) is 0 Å². The lowest BCUT2D eigenvalue weighted by Gasteiger charge is -2.10. The van der Waals surface area contributed by atoms with Gasteiger partial charge in [-0.05, 0) is 37.6 Å². The fourth-order valence-electron chi connectivity index (χ4n) is 2.02. The second-order valence-electron chi connectivity index (χ2n) is 4.99. The molecule has 1 heterocycles. The van der Waals surface area contributed by atoms with E-state index in [4.69, 9.17) is 16.3 Å². The molecule has 24 heavy (non-hydrogen) atoms. The zero-order valence-electron chi connectivity index (χ0n) is 12.8. The molecule has 0 bridgehead atoms. The number of amides is 1. The van der Waals surface area contributed by atoms with Crippen LogP contribution in [0.25, 0.3) is 0 Å². The maximum absolute atomic E-state index is 13.4. The van der Waals surface area contributed by atoms with Crippen LogP contribution in [0, 0.1) is 25.5 Å². The molecule has 0 spiro atoms. The number of hydrogen-bond acceptors (Lipinski definition) is 4. The first-order valence-electron chi connectivity index (χ1n) is 6.83. The molecule has 0 saturated carbocycles. The van der Waals surface area contributed by atoms with Gasteiger partial charge in [-0.25, -0.2) is 18.6 Å². The van der Waals surface area contributed by atoms with Gasteiger partial charge in [0, 0.05) is 11.8 Å². The fourth-order valence-corrected chi connectivity index (χ4v) is 2.38. The first-order valence-corrected chi connectivity index (χ1v) is 7.21. The van der Waals surface area contributed by atoms with Crippen LogP contribution >= 0.6 is 11.6 Å². The van der Waals surface area contributed by atoms with Crippen molar-refractivity contribution in [1.82, 2.24) is 4.98 Å². The molecule has 0 saturated heterocycles. The quantitative estimate of drug-likeness (QED) is 0.674. The van der Waals surface area contributed by atoms with E-state index in [1.807, 2.05) is 0 Å². The average Bonchev–Trinajstić information content (AvgIpc) is 2.48. The first-order chi connectivity index (χ1) is 11.3. The Balaban J connectivity index is 2.02. The van der Waals surface area contributed by atoms with Gasteiger partial charge in [-0.3, -0.25) is 4.79 Å². The van der Waals surface area contributed by atoms with Gasteiger partial charge < -0.3 is 10.1 Å². The first kappa shape index (κ1) is 17.8. The molecule has 1 N–H and O–H groups in total. The maximum Gasteiger partial charge on any atom is 0.342 e. The Hall–Kier alpha value is -2.54. The van der Waals surface area contributed by atoms with Gasteiger partial charge >= 0.3 is 5.97 Å². The third kappa shape index (κ3) is 4.26. The van der Waals surface area contributed by atoms with Gasteiger partial charge in [0.05, 0.1) is 11.3 Å². The lowest BCUT2D eigenvalue weighted by molar-refractivity contribution is -0.119. The molecular formula is C16H13ClF2N2O3.